The second-order valence-electron chi connectivity index (χ2n) is 6.37. The molecule has 150 valence electrons. The van der Waals surface area contributed by atoms with Crippen molar-refractivity contribution in [3.8, 4) is 17.2 Å². The molecule has 11 heteroatoms. The first-order valence-electron chi connectivity index (χ1n) is 8.70. The molecule has 2 aromatic rings. The molecule has 0 saturated carbocycles. The van der Waals surface area contributed by atoms with Gasteiger partial charge in [0, 0.05) is 6.54 Å². The molecule has 0 radical (unpaired) electrons. The van der Waals surface area contributed by atoms with Crippen LogP contribution in [0.3, 0.4) is 0 Å². The number of nitrogens with two attached hydrogens (primary N) is 1. The number of hydrogen-bond donors (Lipinski definition) is 5. The zero-order valence-electron chi connectivity index (χ0n) is 14.7. The van der Waals surface area contributed by atoms with E-state index in [0.29, 0.717) is 30.3 Å². The summed E-state index contributed by atoms with van der Waals surface area (Å²) in [5.41, 5.74) is 5.25. The molecular weight excluding hydrogens is 372 g/mol. The van der Waals surface area contributed by atoms with Crippen LogP contribution in [0.25, 0.3) is 0 Å². The minimum Gasteiger partial charge on any atom is -0.490 e. The summed E-state index contributed by atoms with van der Waals surface area (Å²) in [6.45, 7) is 0.151. The fraction of sp³-hybridized carbons (Fsp3) is 0.412. The van der Waals surface area contributed by atoms with E-state index in [1.807, 2.05) is 0 Å². The molecule has 0 bridgehead atoms. The summed E-state index contributed by atoms with van der Waals surface area (Å²) in [5, 5.41) is 32.3. The number of para-hydroxylation sites is 1. The highest BCUT2D eigenvalue weighted by molar-refractivity contribution is 5.77. The van der Waals surface area contributed by atoms with Crippen LogP contribution in [-0.2, 0) is 4.74 Å². The Kier molecular flexibility index (Phi) is 4.91. The zero-order valence-corrected chi connectivity index (χ0v) is 14.7. The van der Waals surface area contributed by atoms with Crippen molar-refractivity contribution >= 4 is 11.5 Å². The summed E-state index contributed by atoms with van der Waals surface area (Å²) in [6, 6.07) is 5.19. The molecule has 3 heterocycles. The summed E-state index contributed by atoms with van der Waals surface area (Å²) in [6.07, 6.45) is -3.63. The van der Waals surface area contributed by atoms with Crippen molar-refractivity contribution in [2.45, 2.75) is 24.5 Å². The first kappa shape index (κ1) is 18.7. The molecule has 28 heavy (non-hydrogen) atoms. The van der Waals surface area contributed by atoms with E-state index in [0.717, 1.165) is 4.57 Å². The van der Waals surface area contributed by atoms with E-state index in [-0.39, 0.29) is 11.6 Å². The van der Waals surface area contributed by atoms with Crippen LogP contribution in [-0.4, -0.2) is 62.9 Å². The quantitative estimate of drug-likeness (QED) is 0.366. The zero-order chi connectivity index (χ0) is 19.8. The SMILES string of the molecule is NCCOc1cccc2c1Nc1nc(=O)n([C@@H]3O[C@H](CO)C(O)C3O)cc1O2. The van der Waals surface area contributed by atoms with Crippen molar-refractivity contribution in [2.24, 2.45) is 5.73 Å². The maximum atomic E-state index is 12.5. The number of aromatic nitrogens is 2. The van der Waals surface area contributed by atoms with Gasteiger partial charge in [-0.25, -0.2) is 4.79 Å². The Hall–Kier alpha value is -2.70. The van der Waals surface area contributed by atoms with Gasteiger partial charge < -0.3 is 40.6 Å². The smallest absolute Gasteiger partial charge is 0.351 e. The topological polar surface area (TPSA) is 161 Å². The normalized spacial score (nSPS) is 25.4. The number of hydrogen-bond acceptors (Lipinski definition) is 10. The number of anilines is 2. The first-order valence-corrected chi connectivity index (χ1v) is 8.70. The lowest BCUT2D eigenvalue weighted by atomic mass is 10.1. The predicted octanol–water partition coefficient (Wildman–Crippen LogP) is -0.958. The molecule has 4 atom stereocenters. The molecule has 1 aromatic heterocycles. The van der Waals surface area contributed by atoms with Crippen molar-refractivity contribution in [1.82, 2.24) is 9.55 Å². The van der Waals surface area contributed by atoms with Crippen molar-refractivity contribution in [3.63, 3.8) is 0 Å². The standard InChI is InChI=1S/C17H20N4O7/c18-4-5-26-8-2-1-3-9-12(8)19-15-10(27-9)6-21(17(25)20-15)16-14(24)13(23)11(7-22)28-16/h1-3,6,11,13-14,16,22-24H,4-5,7,18H2,(H,19,20,25)/t11-,13?,14?,16-/m1/s1. The number of aliphatic hydroxyl groups is 3. The monoisotopic (exact) mass is 392 g/mol. The summed E-state index contributed by atoms with van der Waals surface area (Å²) in [5.74, 6) is 1.35. The van der Waals surface area contributed by atoms with Gasteiger partial charge in [-0.1, -0.05) is 6.07 Å². The molecule has 2 aliphatic heterocycles. The van der Waals surface area contributed by atoms with Gasteiger partial charge in [0.25, 0.3) is 0 Å². The highest BCUT2D eigenvalue weighted by atomic mass is 16.6. The molecule has 0 amide bonds. The lowest BCUT2D eigenvalue weighted by molar-refractivity contribution is -0.0551. The third-order valence-corrected chi connectivity index (χ3v) is 4.54. The number of fused-ring (bicyclic) bond motifs is 2. The first-order chi connectivity index (χ1) is 13.5. The average Bonchev–Trinajstić information content (AvgIpc) is 2.98. The van der Waals surface area contributed by atoms with Gasteiger partial charge >= 0.3 is 5.69 Å². The Balaban J connectivity index is 1.67. The number of aliphatic hydroxyl groups excluding tert-OH is 3. The molecule has 1 saturated heterocycles. The third-order valence-electron chi connectivity index (χ3n) is 4.54. The molecule has 1 fully saturated rings. The molecule has 4 rings (SSSR count). The predicted molar refractivity (Wildman–Crippen MR) is 95.9 cm³/mol. The van der Waals surface area contributed by atoms with E-state index >= 15 is 0 Å². The minimum atomic E-state index is -1.41. The van der Waals surface area contributed by atoms with E-state index in [1.165, 1.54) is 6.20 Å². The maximum absolute atomic E-state index is 12.5. The van der Waals surface area contributed by atoms with Crippen LogP contribution in [0.15, 0.2) is 29.2 Å². The van der Waals surface area contributed by atoms with Gasteiger partial charge in [0.05, 0.1) is 12.8 Å². The van der Waals surface area contributed by atoms with Crippen molar-refractivity contribution in [3.05, 3.63) is 34.9 Å². The molecule has 6 N–H and O–H groups in total. The Morgan fingerprint density at radius 1 is 1.29 bits per heavy atom. The van der Waals surface area contributed by atoms with Gasteiger partial charge in [0.15, 0.2) is 23.5 Å². The van der Waals surface area contributed by atoms with E-state index in [9.17, 15) is 20.1 Å². The van der Waals surface area contributed by atoms with Crippen LogP contribution >= 0.6 is 0 Å². The van der Waals surface area contributed by atoms with Crippen LogP contribution in [0.1, 0.15) is 6.23 Å². The third kappa shape index (κ3) is 3.08. The molecule has 0 aliphatic carbocycles. The van der Waals surface area contributed by atoms with Gasteiger partial charge in [-0.3, -0.25) is 4.57 Å². The molecule has 0 spiro atoms. The molecule has 1 aromatic carbocycles. The van der Waals surface area contributed by atoms with Crippen LogP contribution in [0.5, 0.6) is 17.2 Å². The Bertz CT molecular complexity index is 934. The Morgan fingerprint density at radius 3 is 2.82 bits per heavy atom. The van der Waals surface area contributed by atoms with Gasteiger partial charge in [-0.2, -0.15) is 4.98 Å². The lowest BCUT2D eigenvalue weighted by Crippen LogP contribution is -2.36. The van der Waals surface area contributed by atoms with Crippen LogP contribution < -0.4 is 26.2 Å². The van der Waals surface area contributed by atoms with Gasteiger partial charge in [0.1, 0.15) is 36.4 Å². The summed E-state index contributed by atoms with van der Waals surface area (Å²) < 4.78 is 17.8. The Labute approximate surface area is 158 Å². The number of nitrogens with one attached hydrogen (secondary N) is 1. The van der Waals surface area contributed by atoms with E-state index in [1.54, 1.807) is 18.2 Å². The second kappa shape index (κ2) is 7.37. The molecular formula is C17H20N4O7. The van der Waals surface area contributed by atoms with Crippen LogP contribution in [0.4, 0.5) is 11.5 Å². The maximum Gasteiger partial charge on any atom is 0.351 e. The van der Waals surface area contributed by atoms with E-state index in [4.69, 9.17) is 19.9 Å². The van der Waals surface area contributed by atoms with Crippen molar-refractivity contribution in [1.29, 1.82) is 0 Å². The lowest BCUT2D eigenvalue weighted by Gasteiger charge is -2.25. The highest BCUT2D eigenvalue weighted by Crippen LogP contribution is 2.45. The average molecular weight is 392 g/mol. The second-order valence-corrected chi connectivity index (χ2v) is 6.37. The largest absolute Gasteiger partial charge is 0.490 e. The number of benzene rings is 1. The summed E-state index contributed by atoms with van der Waals surface area (Å²) in [4.78, 5) is 16.4. The van der Waals surface area contributed by atoms with Gasteiger partial charge in [0.2, 0.25) is 0 Å². The summed E-state index contributed by atoms with van der Waals surface area (Å²) >= 11 is 0. The van der Waals surface area contributed by atoms with Gasteiger partial charge in [-0.05, 0) is 12.1 Å². The van der Waals surface area contributed by atoms with Crippen LogP contribution in [0.2, 0.25) is 0 Å². The van der Waals surface area contributed by atoms with Crippen molar-refractivity contribution < 1.29 is 29.5 Å². The number of rotatable bonds is 5. The van der Waals surface area contributed by atoms with E-state index in [2.05, 4.69) is 10.3 Å². The Morgan fingerprint density at radius 2 is 2.11 bits per heavy atom. The molecule has 2 unspecified atom stereocenters. The number of ether oxygens (including phenoxy) is 3. The van der Waals surface area contributed by atoms with Gasteiger partial charge in [-0.15, -0.1) is 0 Å². The van der Waals surface area contributed by atoms with E-state index < -0.39 is 36.8 Å². The van der Waals surface area contributed by atoms with Crippen LogP contribution in [0, 0.1) is 0 Å². The fourth-order valence-electron chi connectivity index (χ4n) is 3.15. The number of nitrogens with zero attached hydrogens (tertiary/aromatic N) is 2. The highest BCUT2D eigenvalue weighted by Gasteiger charge is 2.44. The van der Waals surface area contributed by atoms with Crippen molar-refractivity contribution in [2.75, 3.05) is 25.1 Å². The fourth-order valence-corrected chi connectivity index (χ4v) is 3.15. The molecule has 11 nitrogen and oxygen atoms in total. The molecule has 2 aliphatic rings. The minimum absolute atomic E-state index is 0.171. The summed E-state index contributed by atoms with van der Waals surface area (Å²) in [7, 11) is 0.